The highest BCUT2D eigenvalue weighted by atomic mass is 19.5. The van der Waals surface area contributed by atoms with Crippen LogP contribution >= 0.6 is 0 Å². The maximum atomic E-state index is 9.75. The Morgan fingerprint density at radius 2 is 1.00 bits per heavy atom. The van der Waals surface area contributed by atoms with Crippen molar-refractivity contribution >= 4 is 18.6 Å². The van der Waals surface area contributed by atoms with E-state index in [2.05, 4.69) is 9.95 Å². The third kappa shape index (κ3) is 8.18. The third-order valence-corrected chi connectivity index (χ3v) is 1.08. The Labute approximate surface area is 81.9 Å². The zero-order chi connectivity index (χ0) is 11.9. The minimum atomic E-state index is -6.00. The maximum absolute atomic E-state index is 9.75. The highest BCUT2D eigenvalue weighted by molar-refractivity contribution is 6.50. The molecule has 0 aromatic heterocycles. The smallest absolute Gasteiger partial charge is 0.418 e. The summed E-state index contributed by atoms with van der Waals surface area (Å²) in [6.07, 6.45) is 0. The molecular formula is C6H4BF4N4+. The molecule has 0 unspecified atom stereocenters. The number of rotatable bonds is 0. The molecule has 1 aromatic rings. The summed E-state index contributed by atoms with van der Waals surface area (Å²) in [5.74, 6) is 0. The lowest BCUT2D eigenvalue weighted by Crippen LogP contribution is -2.02. The van der Waals surface area contributed by atoms with Crippen molar-refractivity contribution in [3.63, 3.8) is 0 Å². The van der Waals surface area contributed by atoms with E-state index in [0.29, 0.717) is 11.4 Å². The van der Waals surface area contributed by atoms with Gasteiger partial charge in [0.25, 0.3) is 0 Å². The fraction of sp³-hybridized carbons (Fsp3) is 0. The van der Waals surface area contributed by atoms with Gasteiger partial charge in [-0.15, -0.1) is 0 Å². The van der Waals surface area contributed by atoms with E-state index in [0.717, 1.165) is 0 Å². The van der Waals surface area contributed by atoms with E-state index in [1.165, 1.54) is 24.3 Å². The van der Waals surface area contributed by atoms with Gasteiger partial charge in [0.1, 0.15) is 0 Å². The Morgan fingerprint density at radius 1 is 0.800 bits per heavy atom. The molecule has 0 spiro atoms. The quantitative estimate of drug-likeness (QED) is 0.376. The van der Waals surface area contributed by atoms with Crippen molar-refractivity contribution in [2.45, 2.75) is 0 Å². The van der Waals surface area contributed by atoms with Crippen LogP contribution in [-0.4, -0.2) is 7.25 Å². The van der Waals surface area contributed by atoms with Gasteiger partial charge in [-0.25, -0.2) is 0 Å². The second-order valence-electron chi connectivity index (χ2n) is 2.21. The van der Waals surface area contributed by atoms with Gasteiger partial charge in [-0.3, -0.25) is 0 Å². The minimum Gasteiger partial charge on any atom is -0.418 e. The Balaban J connectivity index is 0.000000336. The van der Waals surface area contributed by atoms with Gasteiger partial charge in [-0.2, -0.15) is 0 Å². The van der Waals surface area contributed by atoms with Gasteiger partial charge in [0, 0.05) is 24.3 Å². The summed E-state index contributed by atoms with van der Waals surface area (Å²) >= 11 is 0. The van der Waals surface area contributed by atoms with Crippen LogP contribution in [0.15, 0.2) is 24.3 Å². The summed E-state index contributed by atoms with van der Waals surface area (Å²) in [5.41, 5.74) is 0.875. The fourth-order valence-corrected chi connectivity index (χ4v) is 0.586. The highest BCUT2D eigenvalue weighted by Gasteiger charge is 2.20. The van der Waals surface area contributed by atoms with Crippen molar-refractivity contribution in [3.8, 4) is 0 Å². The maximum Gasteiger partial charge on any atom is 0.673 e. The lowest BCUT2D eigenvalue weighted by Gasteiger charge is -1.94. The number of benzene rings is 1. The largest absolute Gasteiger partial charge is 0.673 e. The molecule has 0 aliphatic carbocycles. The van der Waals surface area contributed by atoms with Gasteiger partial charge in [0.05, 0.1) is 0 Å². The normalized spacial score (nSPS) is 9.20. The molecule has 9 heteroatoms. The summed E-state index contributed by atoms with van der Waals surface area (Å²) in [4.78, 5) is 5.85. The molecule has 1 rings (SSSR count). The SMILES string of the molecule is F[B-](F)(F)F.N#[N+]c1ccc([N+]#N)cc1. The Kier molecular flexibility index (Phi) is 4.75. The molecule has 4 nitrogen and oxygen atoms in total. The average Bonchev–Trinajstić information content (AvgIpc) is 2.15. The Hall–Kier alpha value is -2.16. The summed E-state index contributed by atoms with van der Waals surface area (Å²) in [5, 5.41) is 16.5. The molecule has 15 heavy (non-hydrogen) atoms. The fourth-order valence-electron chi connectivity index (χ4n) is 0.586. The van der Waals surface area contributed by atoms with Crippen molar-refractivity contribution in [2.24, 2.45) is 0 Å². The molecule has 1 aromatic carbocycles. The van der Waals surface area contributed by atoms with E-state index in [4.69, 9.17) is 10.8 Å². The second-order valence-corrected chi connectivity index (χ2v) is 2.21. The van der Waals surface area contributed by atoms with Crippen LogP contribution in [-0.2, 0) is 0 Å². The Bertz CT molecular complexity index is 349. The number of hydrogen-bond acceptors (Lipinski definition) is 2. The first kappa shape index (κ1) is 12.8. The van der Waals surface area contributed by atoms with Crippen molar-refractivity contribution in [1.29, 1.82) is 10.8 Å². The molecule has 0 amide bonds. The highest BCUT2D eigenvalue weighted by Crippen LogP contribution is 2.17. The average molecular weight is 219 g/mol. The lowest BCUT2D eigenvalue weighted by atomic mass is 10.3. The summed E-state index contributed by atoms with van der Waals surface area (Å²) in [6.45, 7) is 0. The monoisotopic (exact) mass is 219 g/mol. The Morgan fingerprint density at radius 3 is 1.13 bits per heavy atom. The van der Waals surface area contributed by atoms with Crippen molar-refractivity contribution < 1.29 is 17.3 Å². The first-order chi connectivity index (χ1) is 6.86. The molecule has 0 heterocycles. The number of halogens is 4. The van der Waals surface area contributed by atoms with E-state index < -0.39 is 7.25 Å². The molecule has 0 fully saturated rings. The van der Waals surface area contributed by atoms with Gasteiger partial charge in [0.15, 0.2) is 9.95 Å². The van der Waals surface area contributed by atoms with E-state index >= 15 is 0 Å². The van der Waals surface area contributed by atoms with E-state index in [1.807, 2.05) is 0 Å². The van der Waals surface area contributed by atoms with Crippen molar-refractivity contribution in [3.05, 3.63) is 34.2 Å². The van der Waals surface area contributed by atoms with E-state index in [9.17, 15) is 17.3 Å². The van der Waals surface area contributed by atoms with Crippen LogP contribution in [0.4, 0.5) is 28.6 Å². The van der Waals surface area contributed by atoms with Gasteiger partial charge < -0.3 is 17.3 Å². The zero-order valence-corrected chi connectivity index (χ0v) is 7.19. The van der Waals surface area contributed by atoms with Crippen LogP contribution in [0.2, 0.25) is 0 Å². The van der Waals surface area contributed by atoms with Crippen molar-refractivity contribution in [1.82, 2.24) is 0 Å². The minimum absolute atomic E-state index is 0.437. The topological polar surface area (TPSA) is 56.3 Å². The summed E-state index contributed by atoms with van der Waals surface area (Å²) < 4.78 is 39.0. The van der Waals surface area contributed by atoms with E-state index in [1.54, 1.807) is 0 Å². The first-order valence-electron chi connectivity index (χ1n) is 3.54. The van der Waals surface area contributed by atoms with Crippen LogP contribution in [0.3, 0.4) is 0 Å². The summed E-state index contributed by atoms with van der Waals surface area (Å²) in [6, 6.07) is 6.15. The van der Waals surface area contributed by atoms with Gasteiger partial charge in [-0.05, 0) is 0 Å². The molecule has 0 N–H and O–H groups in total. The molecule has 0 saturated heterocycles. The van der Waals surface area contributed by atoms with E-state index in [-0.39, 0.29) is 0 Å². The third-order valence-electron chi connectivity index (χ3n) is 1.08. The van der Waals surface area contributed by atoms with Gasteiger partial charge >= 0.3 is 18.6 Å². The molecule has 0 radical (unpaired) electrons. The number of nitrogens with zero attached hydrogens (tertiary/aromatic N) is 4. The predicted molar refractivity (Wildman–Crippen MR) is 46.1 cm³/mol. The standard InChI is InChI=1S/C6H4N4.BF4/c7-9-5-1-2-6(10-8)4-3-5;2-1(3,4)5/h1-4H;/q+2;-1. The van der Waals surface area contributed by atoms with Crippen LogP contribution in [0.5, 0.6) is 0 Å². The zero-order valence-electron chi connectivity index (χ0n) is 7.19. The molecule has 0 bridgehead atoms. The summed E-state index contributed by atoms with van der Waals surface area (Å²) in [7, 11) is -6.00. The second kappa shape index (κ2) is 5.55. The molecular weight excluding hydrogens is 215 g/mol. The van der Waals surface area contributed by atoms with Crippen LogP contribution in [0, 0.1) is 10.8 Å². The van der Waals surface area contributed by atoms with Crippen LogP contribution < -0.4 is 0 Å². The molecule has 0 aliphatic heterocycles. The van der Waals surface area contributed by atoms with Gasteiger partial charge in [0.2, 0.25) is 10.8 Å². The molecule has 0 atom stereocenters. The van der Waals surface area contributed by atoms with Gasteiger partial charge in [-0.1, -0.05) is 0 Å². The number of diazo groups is 2. The molecule has 0 saturated carbocycles. The molecule has 78 valence electrons. The first-order valence-corrected chi connectivity index (χ1v) is 3.54. The number of hydrogen-bond donors (Lipinski definition) is 0. The van der Waals surface area contributed by atoms with Crippen LogP contribution in [0.25, 0.3) is 9.95 Å². The lowest BCUT2D eigenvalue weighted by molar-refractivity contribution is 0.368. The van der Waals surface area contributed by atoms with Crippen LogP contribution in [0.1, 0.15) is 0 Å². The predicted octanol–water partition coefficient (Wildman–Crippen LogP) is 3.96. The van der Waals surface area contributed by atoms with Crippen molar-refractivity contribution in [2.75, 3.05) is 0 Å². The molecule has 0 aliphatic rings.